The van der Waals surface area contributed by atoms with Crippen LogP contribution in [0.4, 0.5) is 5.69 Å². The third-order valence-electron chi connectivity index (χ3n) is 4.42. The zero-order chi connectivity index (χ0) is 24.4. The minimum Gasteiger partial charge on any atom is -0.484 e. The van der Waals surface area contributed by atoms with Gasteiger partial charge in [-0.05, 0) is 67.8 Å². The van der Waals surface area contributed by atoms with Crippen molar-refractivity contribution in [1.82, 2.24) is 10.7 Å². The van der Waals surface area contributed by atoms with Crippen molar-refractivity contribution < 1.29 is 22.7 Å². The number of carbonyl (C=O) groups is 2. The Hall–Kier alpha value is -3.40. The highest BCUT2D eigenvalue weighted by atomic mass is 32.2. The van der Waals surface area contributed by atoms with Gasteiger partial charge in [-0.2, -0.15) is 5.10 Å². The van der Waals surface area contributed by atoms with E-state index in [4.69, 9.17) is 4.74 Å². The summed E-state index contributed by atoms with van der Waals surface area (Å²) in [6.07, 6.45) is 3.30. The fourth-order valence-corrected chi connectivity index (χ4v) is 3.66. The van der Waals surface area contributed by atoms with Gasteiger partial charge < -0.3 is 10.1 Å². The van der Waals surface area contributed by atoms with Crippen LogP contribution in [0.15, 0.2) is 53.6 Å². The number of aryl methyl sites for hydroxylation is 1. The van der Waals surface area contributed by atoms with Crippen LogP contribution < -0.4 is 19.8 Å². The molecule has 0 spiro atoms. The van der Waals surface area contributed by atoms with Crippen molar-refractivity contribution in [2.75, 3.05) is 23.7 Å². The molecule has 178 valence electrons. The Morgan fingerprint density at radius 1 is 1.06 bits per heavy atom. The van der Waals surface area contributed by atoms with Gasteiger partial charge in [0.15, 0.2) is 6.61 Å². The smallest absolute Gasteiger partial charge is 0.260 e. The van der Waals surface area contributed by atoms with Gasteiger partial charge in [0.25, 0.3) is 11.8 Å². The molecule has 2 N–H and O–H groups in total. The lowest BCUT2D eigenvalue weighted by Gasteiger charge is -2.21. The Bertz CT molecular complexity index is 1070. The molecule has 0 aliphatic heterocycles. The molecule has 0 fully saturated rings. The van der Waals surface area contributed by atoms with Crippen LogP contribution >= 0.6 is 0 Å². The van der Waals surface area contributed by atoms with Crippen LogP contribution in [0.3, 0.4) is 0 Å². The minimum atomic E-state index is -3.65. The molecule has 0 aliphatic rings. The molecule has 0 heterocycles. The van der Waals surface area contributed by atoms with E-state index in [1.807, 2.05) is 32.9 Å². The largest absolute Gasteiger partial charge is 0.484 e. The fourth-order valence-electron chi connectivity index (χ4n) is 2.81. The van der Waals surface area contributed by atoms with Crippen LogP contribution in [0.5, 0.6) is 5.75 Å². The summed E-state index contributed by atoms with van der Waals surface area (Å²) in [6.45, 7) is 5.26. The van der Waals surface area contributed by atoms with Crippen molar-refractivity contribution in [2.24, 2.45) is 5.10 Å². The highest BCUT2D eigenvalue weighted by Crippen LogP contribution is 2.18. The number of hydrogen-bond donors (Lipinski definition) is 2. The molecule has 33 heavy (non-hydrogen) atoms. The highest BCUT2D eigenvalue weighted by Gasteiger charge is 2.20. The second kappa shape index (κ2) is 12.0. The maximum absolute atomic E-state index is 12.3. The first-order chi connectivity index (χ1) is 15.6. The molecule has 0 aromatic heterocycles. The first-order valence-corrected chi connectivity index (χ1v) is 12.3. The van der Waals surface area contributed by atoms with E-state index in [9.17, 15) is 18.0 Å². The van der Waals surface area contributed by atoms with Crippen molar-refractivity contribution >= 4 is 33.7 Å². The van der Waals surface area contributed by atoms with Gasteiger partial charge in [-0.1, -0.05) is 19.1 Å². The molecule has 0 saturated carbocycles. The van der Waals surface area contributed by atoms with E-state index in [-0.39, 0.29) is 18.6 Å². The van der Waals surface area contributed by atoms with Crippen molar-refractivity contribution in [3.05, 3.63) is 59.7 Å². The molecule has 10 heteroatoms. The van der Waals surface area contributed by atoms with Gasteiger partial charge in [-0.15, -0.1) is 0 Å². The van der Waals surface area contributed by atoms with Crippen molar-refractivity contribution in [3.8, 4) is 5.75 Å². The number of hydrogen-bond acceptors (Lipinski definition) is 6. The number of anilines is 1. The van der Waals surface area contributed by atoms with E-state index in [2.05, 4.69) is 15.8 Å². The summed E-state index contributed by atoms with van der Waals surface area (Å²) < 4.78 is 30.8. The first-order valence-electron chi connectivity index (χ1n) is 10.5. The molecule has 0 radical (unpaired) electrons. The summed E-state index contributed by atoms with van der Waals surface area (Å²) in [5, 5.41) is 6.62. The molecule has 0 aliphatic carbocycles. The maximum Gasteiger partial charge on any atom is 0.260 e. The fraction of sp³-hybridized carbons (Fsp3) is 0.348. The average Bonchev–Trinajstić information content (AvgIpc) is 2.76. The minimum absolute atomic E-state index is 0.0426. The number of ether oxygens (including phenoxy) is 1. The predicted molar refractivity (Wildman–Crippen MR) is 129 cm³/mol. The summed E-state index contributed by atoms with van der Waals surface area (Å²) in [6, 6.07) is 13.8. The van der Waals surface area contributed by atoms with Crippen molar-refractivity contribution in [1.29, 1.82) is 0 Å². The number of nitrogens with one attached hydrogen (secondary N) is 2. The second-order valence-corrected chi connectivity index (χ2v) is 9.57. The lowest BCUT2D eigenvalue weighted by Crippen LogP contribution is -2.39. The normalized spacial score (nSPS) is 11.4. The number of sulfonamides is 1. The van der Waals surface area contributed by atoms with E-state index in [0.717, 1.165) is 22.5 Å². The average molecular weight is 475 g/mol. The summed E-state index contributed by atoms with van der Waals surface area (Å²) in [5.41, 5.74) is 4.50. The van der Waals surface area contributed by atoms with E-state index in [0.29, 0.717) is 17.0 Å². The summed E-state index contributed by atoms with van der Waals surface area (Å²) in [4.78, 5) is 23.9. The van der Waals surface area contributed by atoms with Crippen LogP contribution in [0.25, 0.3) is 0 Å². The molecule has 9 nitrogen and oxygen atoms in total. The quantitative estimate of drug-likeness (QED) is 0.382. The number of nitrogens with zero attached hydrogens (tertiary/aromatic N) is 2. The third-order valence-corrected chi connectivity index (χ3v) is 5.56. The molecule has 0 atom stereocenters. The standard InChI is InChI=1S/C23H30N4O5S/c1-5-18-6-10-20(11-7-18)27(33(4,30)31)15-22(28)26-24-14-19-8-12-21(13-9-19)32-16-23(29)25-17(2)3/h6-14,17H,5,15-16H2,1-4H3,(H,25,29)(H,26,28)/b24-14-. The molecule has 2 amide bonds. The SMILES string of the molecule is CCc1ccc(N(CC(=O)N/N=C\c2ccc(OCC(=O)NC(C)C)cc2)S(C)(=O)=O)cc1. The van der Waals surface area contributed by atoms with E-state index < -0.39 is 22.5 Å². The van der Waals surface area contributed by atoms with Crippen molar-refractivity contribution in [3.63, 3.8) is 0 Å². The predicted octanol–water partition coefficient (Wildman–Crippen LogP) is 2.07. The van der Waals surface area contributed by atoms with E-state index in [1.54, 1.807) is 36.4 Å². The van der Waals surface area contributed by atoms with Gasteiger partial charge in [-0.3, -0.25) is 13.9 Å². The molecule has 2 rings (SSSR count). The zero-order valence-corrected chi connectivity index (χ0v) is 20.1. The van der Waals surface area contributed by atoms with Gasteiger partial charge >= 0.3 is 0 Å². The number of hydrazone groups is 1. The molecule has 2 aromatic carbocycles. The van der Waals surface area contributed by atoms with Crippen molar-refractivity contribution in [2.45, 2.75) is 33.2 Å². The Kier molecular flexibility index (Phi) is 9.41. The van der Waals surface area contributed by atoms with Gasteiger partial charge in [0.1, 0.15) is 12.3 Å². The van der Waals surface area contributed by atoms with Gasteiger partial charge in [-0.25, -0.2) is 13.8 Å². The lowest BCUT2D eigenvalue weighted by molar-refractivity contribution is -0.123. The molecule has 0 bridgehead atoms. The second-order valence-electron chi connectivity index (χ2n) is 7.66. The molecular formula is C23H30N4O5S. The Morgan fingerprint density at radius 3 is 2.24 bits per heavy atom. The van der Waals surface area contributed by atoms with Gasteiger partial charge in [0.2, 0.25) is 10.0 Å². The number of amides is 2. The first kappa shape index (κ1) is 25.9. The van der Waals surface area contributed by atoms with Gasteiger partial charge in [0.05, 0.1) is 18.2 Å². The monoisotopic (exact) mass is 474 g/mol. The Labute approximate surface area is 194 Å². The van der Waals surface area contributed by atoms with Crippen LogP contribution in [-0.2, 0) is 26.0 Å². The summed E-state index contributed by atoms with van der Waals surface area (Å²) >= 11 is 0. The Morgan fingerprint density at radius 2 is 1.70 bits per heavy atom. The summed E-state index contributed by atoms with van der Waals surface area (Å²) in [5.74, 6) is -0.261. The van der Waals surface area contributed by atoms with Gasteiger partial charge in [0, 0.05) is 6.04 Å². The van der Waals surface area contributed by atoms with E-state index >= 15 is 0 Å². The maximum atomic E-state index is 12.3. The van der Waals surface area contributed by atoms with Crippen LogP contribution in [-0.4, -0.2) is 51.9 Å². The van der Waals surface area contributed by atoms with Crippen LogP contribution in [0.2, 0.25) is 0 Å². The lowest BCUT2D eigenvalue weighted by atomic mass is 10.1. The molecule has 2 aromatic rings. The zero-order valence-electron chi connectivity index (χ0n) is 19.2. The summed E-state index contributed by atoms with van der Waals surface area (Å²) in [7, 11) is -3.65. The Balaban J connectivity index is 1.91. The molecule has 0 saturated heterocycles. The topological polar surface area (TPSA) is 117 Å². The molecular weight excluding hydrogens is 444 g/mol. The van der Waals surface area contributed by atoms with Crippen LogP contribution in [0.1, 0.15) is 31.9 Å². The van der Waals surface area contributed by atoms with E-state index in [1.165, 1.54) is 6.21 Å². The van der Waals surface area contributed by atoms with Crippen LogP contribution in [0, 0.1) is 0 Å². The highest BCUT2D eigenvalue weighted by molar-refractivity contribution is 7.92. The third kappa shape index (κ3) is 8.93. The number of benzene rings is 2. The molecule has 0 unspecified atom stereocenters. The number of rotatable bonds is 11. The number of carbonyl (C=O) groups excluding carboxylic acids is 2.